The standard InChI is InChI=1S/C20H26N2O3S/c1-14-20-17(13-25-3)10-18(21(20)2)12-22(14)26(23,24)19-9-8-15-6-4-5-7-16(15)11-19/h4-9,11,14,17-18,20H,10,12-13H2,1-3H3/t14?,17-,18-,20-/m1/s1. The Morgan fingerprint density at radius 1 is 1.15 bits per heavy atom. The zero-order chi connectivity index (χ0) is 18.5. The van der Waals surface area contributed by atoms with E-state index in [-0.39, 0.29) is 18.1 Å². The maximum absolute atomic E-state index is 13.4. The van der Waals surface area contributed by atoms with Gasteiger partial charge in [-0.25, -0.2) is 8.42 Å². The van der Waals surface area contributed by atoms with Crippen molar-refractivity contribution in [2.24, 2.45) is 5.92 Å². The largest absolute Gasteiger partial charge is 0.384 e. The summed E-state index contributed by atoms with van der Waals surface area (Å²) in [7, 11) is 0.307. The summed E-state index contributed by atoms with van der Waals surface area (Å²) in [6, 6.07) is 13.7. The minimum Gasteiger partial charge on any atom is -0.384 e. The van der Waals surface area contributed by atoms with E-state index >= 15 is 0 Å². The van der Waals surface area contributed by atoms with Crippen LogP contribution in [0, 0.1) is 5.92 Å². The summed E-state index contributed by atoms with van der Waals surface area (Å²) >= 11 is 0. The van der Waals surface area contributed by atoms with Crippen LogP contribution in [0.2, 0.25) is 0 Å². The molecule has 2 saturated heterocycles. The van der Waals surface area contributed by atoms with Crippen molar-refractivity contribution in [3.05, 3.63) is 42.5 Å². The first-order valence-electron chi connectivity index (χ1n) is 9.15. The fraction of sp³-hybridized carbons (Fsp3) is 0.500. The zero-order valence-electron chi connectivity index (χ0n) is 15.5. The molecule has 140 valence electrons. The van der Waals surface area contributed by atoms with E-state index in [1.165, 1.54) is 0 Å². The Labute approximate surface area is 155 Å². The van der Waals surface area contributed by atoms with Gasteiger partial charge in [0.05, 0.1) is 11.5 Å². The van der Waals surface area contributed by atoms with Crippen molar-refractivity contribution in [1.82, 2.24) is 9.21 Å². The zero-order valence-corrected chi connectivity index (χ0v) is 16.3. The predicted molar refractivity (Wildman–Crippen MR) is 103 cm³/mol. The minimum atomic E-state index is -3.52. The molecule has 1 unspecified atom stereocenters. The molecule has 6 heteroatoms. The predicted octanol–water partition coefficient (Wildman–Crippen LogP) is 2.57. The third-order valence-corrected chi connectivity index (χ3v) is 8.10. The van der Waals surface area contributed by atoms with Crippen LogP contribution in [-0.4, -0.2) is 63.1 Å². The molecule has 0 radical (unpaired) electrons. The molecule has 0 aromatic heterocycles. The lowest BCUT2D eigenvalue weighted by molar-refractivity contribution is 0.0624. The lowest BCUT2D eigenvalue weighted by Crippen LogP contribution is -2.59. The second-order valence-electron chi connectivity index (χ2n) is 7.59. The quantitative estimate of drug-likeness (QED) is 0.825. The number of likely N-dealkylation sites (N-methyl/N-ethyl adjacent to an activating group) is 1. The highest BCUT2D eigenvalue weighted by molar-refractivity contribution is 7.89. The number of fused-ring (bicyclic) bond motifs is 3. The van der Waals surface area contributed by atoms with E-state index in [4.69, 9.17) is 4.74 Å². The molecule has 2 aliphatic rings. The average molecular weight is 375 g/mol. The van der Waals surface area contributed by atoms with Crippen LogP contribution in [0.3, 0.4) is 0 Å². The average Bonchev–Trinajstić information content (AvgIpc) is 2.84. The second-order valence-corrected chi connectivity index (χ2v) is 9.48. The summed E-state index contributed by atoms with van der Waals surface area (Å²) in [6.07, 6.45) is 0.989. The van der Waals surface area contributed by atoms with Crippen molar-refractivity contribution in [3.63, 3.8) is 0 Å². The first-order chi connectivity index (χ1) is 12.4. The van der Waals surface area contributed by atoms with Crippen molar-refractivity contribution in [1.29, 1.82) is 0 Å². The van der Waals surface area contributed by atoms with Gasteiger partial charge < -0.3 is 4.74 Å². The van der Waals surface area contributed by atoms with Gasteiger partial charge in [0.25, 0.3) is 0 Å². The Hall–Kier alpha value is -1.47. The molecular weight excluding hydrogens is 348 g/mol. The molecule has 0 amide bonds. The Morgan fingerprint density at radius 2 is 1.88 bits per heavy atom. The summed E-state index contributed by atoms with van der Waals surface area (Å²) in [5, 5.41) is 2.01. The van der Waals surface area contributed by atoms with Crippen LogP contribution in [0.1, 0.15) is 13.3 Å². The van der Waals surface area contributed by atoms with Gasteiger partial charge >= 0.3 is 0 Å². The van der Waals surface area contributed by atoms with Crippen LogP contribution in [-0.2, 0) is 14.8 Å². The smallest absolute Gasteiger partial charge is 0.243 e. The van der Waals surface area contributed by atoms with Crippen LogP contribution in [0.5, 0.6) is 0 Å². The molecule has 2 aromatic rings. The first kappa shape index (κ1) is 17.9. The van der Waals surface area contributed by atoms with E-state index in [0.29, 0.717) is 24.0 Å². The number of sulfonamides is 1. The number of hydrogen-bond acceptors (Lipinski definition) is 4. The molecule has 2 aromatic carbocycles. The summed E-state index contributed by atoms with van der Waals surface area (Å²) in [6.45, 7) is 3.26. The highest BCUT2D eigenvalue weighted by Gasteiger charge is 2.51. The Bertz CT molecular complexity index is 914. The molecular formula is C20H26N2O3S. The molecule has 4 rings (SSSR count). The van der Waals surface area contributed by atoms with Gasteiger partial charge in [-0.1, -0.05) is 30.3 Å². The fourth-order valence-electron chi connectivity index (χ4n) is 4.87. The molecule has 4 atom stereocenters. The van der Waals surface area contributed by atoms with Crippen LogP contribution in [0.4, 0.5) is 0 Å². The highest BCUT2D eigenvalue weighted by Crippen LogP contribution is 2.39. The number of ether oxygens (including phenoxy) is 1. The van der Waals surface area contributed by atoms with E-state index in [2.05, 4.69) is 11.9 Å². The Kier molecular flexibility index (Phi) is 4.55. The van der Waals surface area contributed by atoms with Gasteiger partial charge in [0, 0.05) is 37.7 Å². The van der Waals surface area contributed by atoms with Gasteiger partial charge in [-0.2, -0.15) is 4.31 Å². The molecule has 0 aliphatic carbocycles. The number of benzene rings is 2. The van der Waals surface area contributed by atoms with Crippen molar-refractivity contribution in [2.45, 2.75) is 36.4 Å². The number of rotatable bonds is 4. The number of piperazine rings is 1. The van der Waals surface area contributed by atoms with Crippen molar-refractivity contribution < 1.29 is 13.2 Å². The monoisotopic (exact) mass is 374 g/mol. The topological polar surface area (TPSA) is 49.9 Å². The van der Waals surface area contributed by atoms with Gasteiger partial charge in [-0.15, -0.1) is 0 Å². The maximum Gasteiger partial charge on any atom is 0.243 e. The number of methoxy groups -OCH3 is 1. The maximum atomic E-state index is 13.4. The van der Waals surface area contributed by atoms with Gasteiger partial charge in [0.1, 0.15) is 0 Å². The van der Waals surface area contributed by atoms with Crippen molar-refractivity contribution in [2.75, 3.05) is 27.3 Å². The fourth-order valence-corrected chi connectivity index (χ4v) is 6.59. The normalized spacial score (nSPS) is 30.1. The summed E-state index contributed by atoms with van der Waals surface area (Å²) < 4.78 is 33.9. The van der Waals surface area contributed by atoms with E-state index in [9.17, 15) is 8.42 Å². The van der Waals surface area contributed by atoms with Gasteiger partial charge in [-0.05, 0) is 43.3 Å². The molecule has 0 N–H and O–H groups in total. The van der Waals surface area contributed by atoms with Crippen molar-refractivity contribution >= 4 is 20.8 Å². The van der Waals surface area contributed by atoms with Crippen LogP contribution in [0.25, 0.3) is 10.8 Å². The summed E-state index contributed by atoms with van der Waals surface area (Å²) in [4.78, 5) is 2.73. The lowest BCUT2D eigenvalue weighted by atomic mass is 9.96. The third kappa shape index (κ3) is 2.76. The molecule has 0 saturated carbocycles. The number of hydrogen-bond donors (Lipinski definition) is 0. The second kappa shape index (κ2) is 6.60. The Morgan fingerprint density at radius 3 is 2.62 bits per heavy atom. The molecule has 2 heterocycles. The molecule has 2 fully saturated rings. The van der Waals surface area contributed by atoms with E-state index in [1.54, 1.807) is 23.5 Å². The van der Waals surface area contributed by atoms with E-state index in [0.717, 1.165) is 17.2 Å². The van der Waals surface area contributed by atoms with Gasteiger partial charge in [-0.3, -0.25) is 4.90 Å². The molecule has 2 aliphatic heterocycles. The lowest BCUT2D eigenvalue weighted by Gasteiger charge is -2.44. The van der Waals surface area contributed by atoms with E-state index in [1.807, 2.05) is 37.3 Å². The summed E-state index contributed by atoms with van der Waals surface area (Å²) in [5.74, 6) is 0.377. The third-order valence-electron chi connectivity index (χ3n) is 6.15. The minimum absolute atomic E-state index is 0.0737. The van der Waals surface area contributed by atoms with Gasteiger partial charge in [0.15, 0.2) is 0 Å². The van der Waals surface area contributed by atoms with Crippen LogP contribution < -0.4 is 0 Å². The summed E-state index contributed by atoms with van der Waals surface area (Å²) in [5.41, 5.74) is 0. The highest BCUT2D eigenvalue weighted by atomic mass is 32.2. The SMILES string of the molecule is COC[C@H]1C[C@@H]2CN(S(=O)(=O)c3ccc4ccccc4c3)C(C)[C@H]1N2C. The van der Waals surface area contributed by atoms with Gasteiger partial charge in [0.2, 0.25) is 10.0 Å². The Balaban J connectivity index is 1.69. The molecule has 26 heavy (non-hydrogen) atoms. The molecule has 2 bridgehead atoms. The first-order valence-corrected chi connectivity index (χ1v) is 10.6. The molecule has 0 spiro atoms. The van der Waals surface area contributed by atoms with E-state index < -0.39 is 10.0 Å². The molecule has 5 nitrogen and oxygen atoms in total. The number of nitrogens with zero attached hydrogens (tertiary/aromatic N) is 2. The van der Waals surface area contributed by atoms with Crippen LogP contribution in [0.15, 0.2) is 47.4 Å². The van der Waals surface area contributed by atoms with Crippen LogP contribution >= 0.6 is 0 Å². The van der Waals surface area contributed by atoms with Crippen molar-refractivity contribution in [3.8, 4) is 0 Å².